The van der Waals surface area contributed by atoms with Gasteiger partial charge in [0.1, 0.15) is 18.1 Å². The number of para-hydroxylation sites is 1. The minimum atomic E-state index is -0.812. The molecule has 2 aromatic carbocycles. The highest BCUT2D eigenvalue weighted by Crippen LogP contribution is 2.27. The van der Waals surface area contributed by atoms with Gasteiger partial charge in [-0.05, 0) is 36.2 Å². The smallest absolute Gasteiger partial charge is 0.306 e. The second kappa shape index (κ2) is 7.47. The molecule has 0 fully saturated rings. The molecule has 0 aliphatic carbocycles. The van der Waals surface area contributed by atoms with Gasteiger partial charge < -0.3 is 19.5 Å². The molecular formula is C20H21NO5. The van der Waals surface area contributed by atoms with Crippen LogP contribution in [0, 0.1) is 5.92 Å². The van der Waals surface area contributed by atoms with Crippen molar-refractivity contribution in [2.45, 2.75) is 19.6 Å². The fraction of sp³-hybridized carbons (Fsp3) is 0.300. The van der Waals surface area contributed by atoms with Gasteiger partial charge in [-0.3, -0.25) is 9.59 Å². The van der Waals surface area contributed by atoms with E-state index in [0.717, 1.165) is 5.56 Å². The molecule has 0 radical (unpaired) electrons. The van der Waals surface area contributed by atoms with Crippen molar-refractivity contribution < 1.29 is 24.2 Å². The standard InChI is InChI=1S/C20H21NO5/c1-13(20(23)24)11-14-7-9-15(10-8-14)25-12-18-21(2)19(22)16-5-3-4-6-17(16)26-18/h3-10,13,18H,11-12H2,1-2H3,(H,23,24). The Balaban J connectivity index is 1.61. The molecule has 136 valence electrons. The average Bonchev–Trinajstić information content (AvgIpc) is 2.64. The van der Waals surface area contributed by atoms with E-state index in [1.165, 1.54) is 4.90 Å². The monoisotopic (exact) mass is 355 g/mol. The maximum atomic E-state index is 12.4. The lowest BCUT2D eigenvalue weighted by Crippen LogP contribution is -2.48. The van der Waals surface area contributed by atoms with Crippen molar-refractivity contribution in [2.24, 2.45) is 5.92 Å². The molecule has 26 heavy (non-hydrogen) atoms. The second-order valence-corrected chi connectivity index (χ2v) is 6.38. The minimum Gasteiger partial charge on any atom is -0.488 e. The molecule has 0 saturated carbocycles. The molecule has 0 bridgehead atoms. The van der Waals surface area contributed by atoms with Crippen LogP contribution in [0.1, 0.15) is 22.8 Å². The lowest BCUT2D eigenvalue weighted by Gasteiger charge is -2.33. The van der Waals surface area contributed by atoms with E-state index in [1.54, 1.807) is 44.3 Å². The number of benzene rings is 2. The van der Waals surface area contributed by atoms with Gasteiger partial charge in [-0.2, -0.15) is 0 Å². The number of hydrogen-bond donors (Lipinski definition) is 1. The molecular weight excluding hydrogens is 334 g/mol. The maximum Gasteiger partial charge on any atom is 0.306 e. The Hall–Kier alpha value is -3.02. The average molecular weight is 355 g/mol. The van der Waals surface area contributed by atoms with Gasteiger partial charge in [-0.1, -0.05) is 31.2 Å². The number of nitrogens with zero attached hydrogens (tertiary/aromatic N) is 1. The van der Waals surface area contributed by atoms with Gasteiger partial charge in [-0.15, -0.1) is 0 Å². The van der Waals surface area contributed by atoms with Crippen LogP contribution in [0.15, 0.2) is 48.5 Å². The molecule has 0 saturated heterocycles. The van der Waals surface area contributed by atoms with E-state index in [-0.39, 0.29) is 12.5 Å². The van der Waals surface area contributed by atoms with Crippen LogP contribution in [-0.2, 0) is 11.2 Å². The Morgan fingerprint density at radius 3 is 2.62 bits per heavy atom. The van der Waals surface area contributed by atoms with Gasteiger partial charge in [0.05, 0.1) is 11.5 Å². The molecule has 6 heteroatoms. The molecule has 0 spiro atoms. The predicted octanol–water partition coefficient (Wildman–Crippen LogP) is 2.82. The molecule has 1 aliphatic rings. The summed E-state index contributed by atoms with van der Waals surface area (Å²) in [7, 11) is 1.68. The zero-order valence-corrected chi connectivity index (χ0v) is 14.7. The number of likely N-dealkylation sites (N-methyl/N-ethyl adjacent to an activating group) is 1. The zero-order chi connectivity index (χ0) is 18.7. The summed E-state index contributed by atoms with van der Waals surface area (Å²) in [6.07, 6.45) is -0.0425. The predicted molar refractivity (Wildman–Crippen MR) is 95.4 cm³/mol. The van der Waals surface area contributed by atoms with Gasteiger partial charge in [0.25, 0.3) is 5.91 Å². The van der Waals surface area contributed by atoms with Gasteiger partial charge in [0, 0.05) is 7.05 Å². The minimum absolute atomic E-state index is 0.0987. The van der Waals surface area contributed by atoms with E-state index < -0.39 is 18.1 Å². The number of rotatable bonds is 6. The number of carboxylic acid groups (broad SMARTS) is 1. The molecule has 0 aromatic heterocycles. The first-order valence-corrected chi connectivity index (χ1v) is 8.43. The summed E-state index contributed by atoms with van der Waals surface area (Å²) in [6, 6.07) is 14.4. The van der Waals surface area contributed by atoms with Crippen molar-refractivity contribution in [1.29, 1.82) is 0 Å². The normalized spacial score (nSPS) is 17.2. The maximum absolute atomic E-state index is 12.4. The van der Waals surface area contributed by atoms with Crippen LogP contribution in [0.2, 0.25) is 0 Å². The van der Waals surface area contributed by atoms with Crippen LogP contribution in [-0.4, -0.2) is 41.8 Å². The lowest BCUT2D eigenvalue weighted by molar-refractivity contribution is -0.141. The van der Waals surface area contributed by atoms with Crippen molar-refractivity contribution in [3.63, 3.8) is 0 Å². The highest BCUT2D eigenvalue weighted by atomic mass is 16.5. The first kappa shape index (κ1) is 17.8. The molecule has 6 nitrogen and oxygen atoms in total. The van der Waals surface area contributed by atoms with Crippen LogP contribution < -0.4 is 9.47 Å². The topological polar surface area (TPSA) is 76.1 Å². The largest absolute Gasteiger partial charge is 0.488 e. The fourth-order valence-corrected chi connectivity index (χ4v) is 2.77. The molecule has 2 atom stereocenters. The van der Waals surface area contributed by atoms with Crippen LogP contribution in [0.5, 0.6) is 11.5 Å². The quantitative estimate of drug-likeness (QED) is 0.862. The van der Waals surface area contributed by atoms with Crippen molar-refractivity contribution in [3.05, 3.63) is 59.7 Å². The second-order valence-electron chi connectivity index (χ2n) is 6.38. The molecule has 1 aliphatic heterocycles. The Kier molecular flexibility index (Phi) is 5.11. The van der Waals surface area contributed by atoms with Gasteiger partial charge in [0.15, 0.2) is 0 Å². The van der Waals surface area contributed by atoms with Gasteiger partial charge >= 0.3 is 5.97 Å². The van der Waals surface area contributed by atoms with Crippen molar-refractivity contribution in [2.75, 3.05) is 13.7 Å². The highest BCUT2D eigenvalue weighted by Gasteiger charge is 2.31. The molecule has 2 aromatic rings. The molecule has 3 rings (SSSR count). The van der Waals surface area contributed by atoms with E-state index in [4.69, 9.17) is 14.6 Å². The van der Waals surface area contributed by atoms with E-state index in [2.05, 4.69) is 0 Å². The van der Waals surface area contributed by atoms with Crippen LogP contribution in [0.3, 0.4) is 0 Å². The number of aliphatic carboxylic acids is 1. The highest BCUT2D eigenvalue weighted by molar-refractivity contribution is 5.97. The van der Waals surface area contributed by atoms with Crippen molar-refractivity contribution in [1.82, 2.24) is 4.90 Å². The zero-order valence-electron chi connectivity index (χ0n) is 14.7. The summed E-state index contributed by atoms with van der Waals surface area (Å²) in [6.45, 7) is 1.87. The first-order chi connectivity index (χ1) is 12.5. The summed E-state index contributed by atoms with van der Waals surface area (Å²) in [4.78, 5) is 24.8. The number of carboxylic acids is 1. The fourth-order valence-electron chi connectivity index (χ4n) is 2.77. The first-order valence-electron chi connectivity index (χ1n) is 8.43. The van der Waals surface area contributed by atoms with Crippen LogP contribution >= 0.6 is 0 Å². The number of hydrogen-bond acceptors (Lipinski definition) is 4. The van der Waals surface area contributed by atoms with E-state index in [0.29, 0.717) is 23.5 Å². The lowest BCUT2D eigenvalue weighted by atomic mass is 10.0. The number of amides is 1. The van der Waals surface area contributed by atoms with Gasteiger partial charge in [0.2, 0.25) is 6.23 Å². The molecule has 1 heterocycles. The third-order valence-electron chi connectivity index (χ3n) is 4.41. The van der Waals surface area contributed by atoms with Crippen molar-refractivity contribution >= 4 is 11.9 Å². The van der Waals surface area contributed by atoms with E-state index >= 15 is 0 Å². The van der Waals surface area contributed by atoms with Crippen LogP contribution in [0.25, 0.3) is 0 Å². The third kappa shape index (κ3) is 3.79. The SMILES string of the molecule is CC(Cc1ccc(OCC2Oc3ccccc3C(=O)N2C)cc1)C(=O)O. The summed E-state index contributed by atoms with van der Waals surface area (Å²) in [5, 5.41) is 8.97. The Morgan fingerprint density at radius 1 is 1.23 bits per heavy atom. The molecule has 1 N–H and O–H groups in total. The molecule has 1 amide bonds. The van der Waals surface area contributed by atoms with E-state index in [9.17, 15) is 9.59 Å². The summed E-state index contributed by atoms with van der Waals surface area (Å²) in [5.41, 5.74) is 1.48. The number of carbonyl (C=O) groups is 2. The Bertz CT molecular complexity index is 802. The Morgan fingerprint density at radius 2 is 1.92 bits per heavy atom. The number of fused-ring (bicyclic) bond motifs is 1. The number of ether oxygens (including phenoxy) is 2. The Labute approximate surface area is 152 Å². The van der Waals surface area contributed by atoms with Crippen LogP contribution in [0.4, 0.5) is 0 Å². The summed E-state index contributed by atoms with van der Waals surface area (Å²) < 4.78 is 11.6. The van der Waals surface area contributed by atoms with Crippen molar-refractivity contribution in [3.8, 4) is 11.5 Å². The summed E-state index contributed by atoms with van der Waals surface area (Å²) in [5.74, 6) is -0.148. The van der Waals surface area contributed by atoms with E-state index in [1.807, 2.05) is 18.2 Å². The van der Waals surface area contributed by atoms with Gasteiger partial charge in [-0.25, -0.2) is 0 Å². The number of carbonyl (C=O) groups excluding carboxylic acids is 1. The third-order valence-corrected chi connectivity index (χ3v) is 4.41. The molecule has 2 unspecified atom stereocenters. The summed E-state index contributed by atoms with van der Waals surface area (Å²) >= 11 is 0.